The predicted molar refractivity (Wildman–Crippen MR) is 82.2 cm³/mol. The fourth-order valence-electron chi connectivity index (χ4n) is 2.18. The molecule has 1 aliphatic rings. The van der Waals surface area contributed by atoms with Gasteiger partial charge in [-0.3, -0.25) is 0 Å². The molecule has 0 aromatic heterocycles. The van der Waals surface area contributed by atoms with Crippen molar-refractivity contribution in [1.82, 2.24) is 4.90 Å². The highest BCUT2D eigenvalue weighted by molar-refractivity contribution is 8.00. The molecule has 0 saturated carbocycles. The summed E-state index contributed by atoms with van der Waals surface area (Å²) in [7, 11) is 0. The number of hydrogen-bond acceptors (Lipinski definition) is 4. The minimum absolute atomic E-state index is 0.0261. The second kappa shape index (κ2) is 6.26. The first kappa shape index (κ1) is 15.5. The van der Waals surface area contributed by atoms with Crippen LogP contribution in [0.1, 0.15) is 24.2 Å². The quantitative estimate of drug-likeness (QED) is 0.730. The standard InChI is InChI=1S/C14H18N2O4S/c1-8-9(2)21-6-5-16(8)14(20)15-11-4-3-10(13(18)19)7-12(11)17/h3-4,7-9,17H,5-6H2,1-2H3,(H,15,20)(H,18,19). The summed E-state index contributed by atoms with van der Waals surface area (Å²) in [4.78, 5) is 24.8. The molecule has 21 heavy (non-hydrogen) atoms. The van der Waals surface area contributed by atoms with E-state index >= 15 is 0 Å². The molecule has 0 aliphatic carbocycles. The van der Waals surface area contributed by atoms with Crippen molar-refractivity contribution in [2.75, 3.05) is 17.6 Å². The van der Waals surface area contributed by atoms with E-state index in [-0.39, 0.29) is 29.1 Å². The fraction of sp³-hybridized carbons (Fsp3) is 0.429. The van der Waals surface area contributed by atoms with Gasteiger partial charge in [-0.15, -0.1) is 0 Å². The molecule has 7 heteroatoms. The van der Waals surface area contributed by atoms with Crippen molar-refractivity contribution in [3.63, 3.8) is 0 Å². The number of aromatic carboxylic acids is 1. The van der Waals surface area contributed by atoms with E-state index in [1.165, 1.54) is 12.1 Å². The number of phenols is 1. The Kier molecular flexibility index (Phi) is 4.62. The van der Waals surface area contributed by atoms with E-state index in [2.05, 4.69) is 12.2 Å². The van der Waals surface area contributed by atoms with Gasteiger partial charge in [-0.2, -0.15) is 11.8 Å². The van der Waals surface area contributed by atoms with Crippen LogP contribution in [0, 0.1) is 0 Å². The molecule has 1 fully saturated rings. The van der Waals surface area contributed by atoms with E-state index in [0.29, 0.717) is 11.8 Å². The van der Waals surface area contributed by atoms with Crippen LogP contribution in [0.25, 0.3) is 0 Å². The lowest BCUT2D eigenvalue weighted by Gasteiger charge is -2.37. The zero-order valence-electron chi connectivity index (χ0n) is 11.9. The zero-order valence-corrected chi connectivity index (χ0v) is 12.7. The zero-order chi connectivity index (χ0) is 15.6. The first-order valence-electron chi connectivity index (χ1n) is 6.65. The van der Waals surface area contributed by atoms with Gasteiger partial charge in [-0.1, -0.05) is 6.92 Å². The average Bonchev–Trinajstić information content (AvgIpc) is 2.43. The van der Waals surface area contributed by atoms with E-state index in [9.17, 15) is 14.7 Å². The van der Waals surface area contributed by atoms with Gasteiger partial charge >= 0.3 is 12.0 Å². The number of aromatic hydroxyl groups is 1. The van der Waals surface area contributed by atoms with E-state index in [0.717, 1.165) is 11.8 Å². The van der Waals surface area contributed by atoms with Gasteiger partial charge in [0.25, 0.3) is 0 Å². The maximum absolute atomic E-state index is 12.3. The van der Waals surface area contributed by atoms with Gasteiger partial charge in [-0.25, -0.2) is 9.59 Å². The van der Waals surface area contributed by atoms with Crippen molar-refractivity contribution in [3.05, 3.63) is 23.8 Å². The summed E-state index contributed by atoms with van der Waals surface area (Å²) in [6.07, 6.45) is 0. The second-order valence-corrected chi connectivity index (χ2v) is 6.46. The second-order valence-electron chi connectivity index (χ2n) is 4.98. The van der Waals surface area contributed by atoms with Crippen LogP contribution in [0.3, 0.4) is 0 Å². The highest BCUT2D eigenvalue weighted by Crippen LogP contribution is 2.27. The van der Waals surface area contributed by atoms with Crippen LogP contribution >= 0.6 is 11.8 Å². The number of phenolic OH excluding ortho intramolecular Hbond substituents is 1. The Bertz CT molecular complexity index is 564. The SMILES string of the molecule is CC1SCCN(C(=O)Nc2ccc(C(=O)O)cc2O)C1C. The fourth-order valence-corrected chi connectivity index (χ4v) is 3.28. The predicted octanol–water partition coefficient (Wildman–Crippen LogP) is 2.45. The topological polar surface area (TPSA) is 89.9 Å². The number of carboxylic acid groups (broad SMARTS) is 1. The molecule has 1 heterocycles. The van der Waals surface area contributed by atoms with Gasteiger partial charge in [-0.05, 0) is 25.1 Å². The molecule has 2 rings (SSSR count). The van der Waals surface area contributed by atoms with Crippen molar-refractivity contribution in [1.29, 1.82) is 0 Å². The molecule has 2 amide bonds. The summed E-state index contributed by atoms with van der Waals surface area (Å²) in [6, 6.07) is 3.67. The molecule has 2 atom stereocenters. The molecular weight excluding hydrogens is 292 g/mol. The number of nitrogens with zero attached hydrogens (tertiary/aromatic N) is 1. The summed E-state index contributed by atoms with van der Waals surface area (Å²) < 4.78 is 0. The molecule has 1 aromatic carbocycles. The van der Waals surface area contributed by atoms with Crippen LogP contribution in [0.4, 0.5) is 10.5 Å². The molecule has 0 spiro atoms. The van der Waals surface area contributed by atoms with Crippen LogP contribution in [-0.4, -0.2) is 50.7 Å². The number of anilines is 1. The van der Waals surface area contributed by atoms with E-state index in [1.54, 1.807) is 4.90 Å². The summed E-state index contributed by atoms with van der Waals surface area (Å²) >= 11 is 1.83. The molecule has 0 radical (unpaired) electrons. The Balaban J connectivity index is 2.10. The summed E-state index contributed by atoms with van der Waals surface area (Å²) in [5.74, 6) is -0.503. The number of thioether (sulfide) groups is 1. The van der Waals surface area contributed by atoms with Gasteiger partial charge in [0.15, 0.2) is 0 Å². The normalized spacial score (nSPS) is 21.9. The van der Waals surface area contributed by atoms with Crippen LogP contribution in [0.2, 0.25) is 0 Å². The summed E-state index contributed by atoms with van der Waals surface area (Å²) in [5, 5.41) is 21.6. The molecule has 1 aromatic rings. The molecule has 2 unspecified atom stereocenters. The summed E-state index contributed by atoms with van der Waals surface area (Å²) in [6.45, 7) is 4.72. The van der Waals surface area contributed by atoms with Gasteiger partial charge in [0, 0.05) is 23.6 Å². The lowest BCUT2D eigenvalue weighted by molar-refractivity contribution is 0.0696. The number of hydrogen-bond donors (Lipinski definition) is 3. The van der Waals surface area contributed by atoms with Crippen molar-refractivity contribution < 1.29 is 19.8 Å². The molecule has 0 bridgehead atoms. The number of carbonyl (C=O) groups is 2. The minimum atomic E-state index is -1.13. The molecule has 6 nitrogen and oxygen atoms in total. The smallest absolute Gasteiger partial charge is 0.335 e. The lowest BCUT2D eigenvalue weighted by Crippen LogP contribution is -2.49. The van der Waals surface area contributed by atoms with E-state index in [1.807, 2.05) is 18.7 Å². The van der Waals surface area contributed by atoms with E-state index in [4.69, 9.17) is 5.11 Å². The van der Waals surface area contributed by atoms with Crippen LogP contribution < -0.4 is 5.32 Å². The highest BCUT2D eigenvalue weighted by atomic mass is 32.2. The summed E-state index contributed by atoms with van der Waals surface area (Å²) in [5.41, 5.74) is 0.185. The van der Waals surface area contributed by atoms with Crippen molar-refractivity contribution >= 4 is 29.4 Å². The van der Waals surface area contributed by atoms with Gasteiger partial charge in [0.1, 0.15) is 5.75 Å². The maximum Gasteiger partial charge on any atom is 0.335 e. The molecule has 1 saturated heterocycles. The van der Waals surface area contributed by atoms with Crippen LogP contribution in [0.5, 0.6) is 5.75 Å². The molecule has 3 N–H and O–H groups in total. The number of benzene rings is 1. The Hall–Kier alpha value is -1.89. The number of carboxylic acids is 1. The van der Waals surface area contributed by atoms with Crippen LogP contribution in [-0.2, 0) is 0 Å². The first-order chi connectivity index (χ1) is 9.90. The Morgan fingerprint density at radius 3 is 2.71 bits per heavy atom. The minimum Gasteiger partial charge on any atom is -0.506 e. The molecule has 114 valence electrons. The molecule has 1 aliphatic heterocycles. The van der Waals surface area contributed by atoms with E-state index < -0.39 is 5.97 Å². The van der Waals surface area contributed by atoms with Crippen molar-refractivity contribution in [3.8, 4) is 5.75 Å². The third-order valence-electron chi connectivity index (χ3n) is 3.63. The number of rotatable bonds is 2. The number of carbonyl (C=O) groups excluding carboxylic acids is 1. The van der Waals surface area contributed by atoms with Crippen LogP contribution in [0.15, 0.2) is 18.2 Å². The number of amides is 2. The Morgan fingerprint density at radius 1 is 1.38 bits per heavy atom. The third kappa shape index (κ3) is 3.41. The van der Waals surface area contributed by atoms with Gasteiger partial charge in [0.05, 0.1) is 11.3 Å². The monoisotopic (exact) mass is 310 g/mol. The number of urea groups is 1. The first-order valence-corrected chi connectivity index (χ1v) is 7.70. The third-order valence-corrected chi connectivity index (χ3v) is 4.97. The van der Waals surface area contributed by atoms with Gasteiger partial charge < -0.3 is 20.4 Å². The van der Waals surface area contributed by atoms with Gasteiger partial charge in [0.2, 0.25) is 0 Å². The Labute approximate surface area is 127 Å². The average molecular weight is 310 g/mol. The highest BCUT2D eigenvalue weighted by Gasteiger charge is 2.29. The largest absolute Gasteiger partial charge is 0.506 e. The molecular formula is C14H18N2O4S. The number of nitrogens with one attached hydrogen (secondary N) is 1. The van der Waals surface area contributed by atoms with Crippen molar-refractivity contribution in [2.24, 2.45) is 0 Å². The lowest BCUT2D eigenvalue weighted by atomic mass is 10.2. The Morgan fingerprint density at radius 2 is 2.10 bits per heavy atom. The van der Waals surface area contributed by atoms with Crippen molar-refractivity contribution in [2.45, 2.75) is 25.1 Å². The maximum atomic E-state index is 12.3.